The number of hydrogen-bond donors (Lipinski definition) is 1. The van der Waals surface area contributed by atoms with Crippen LogP contribution in [0.15, 0.2) is 0 Å². The summed E-state index contributed by atoms with van der Waals surface area (Å²) in [7, 11) is 1.58. The Bertz CT molecular complexity index is 230. The minimum atomic E-state index is -0.594. The highest BCUT2D eigenvalue weighted by Crippen LogP contribution is 2.39. The van der Waals surface area contributed by atoms with Gasteiger partial charge in [0, 0.05) is 13.7 Å². The van der Waals surface area contributed by atoms with Gasteiger partial charge in [0.1, 0.15) is 12.2 Å². The molecule has 4 atom stereocenters. The van der Waals surface area contributed by atoms with E-state index in [1.165, 1.54) is 0 Å². The lowest BCUT2D eigenvalue weighted by molar-refractivity contribution is -0.228. The van der Waals surface area contributed by atoms with E-state index in [0.29, 0.717) is 6.42 Å². The van der Waals surface area contributed by atoms with Crippen LogP contribution in [0.25, 0.3) is 0 Å². The molecule has 2 rings (SSSR count). The van der Waals surface area contributed by atoms with Crippen molar-refractivity contribution >= 4 is 0 Å². The summed E-state index contributed by atoms with van der Waals surface area (Å²) in [6, 6.07) is 0. The minimum absolute atomic E-state index is 0.0775. The van der Waals surface area contributed by atoms with Crippen molar-refractivity contribution < 1.29 is 24.1 Å². The van der Waals surface area contributed by atoms with Crippen LogP contribution in [0.4, 0.5) is 0 Å². The van der Waals surface area contributed by atoms with Gasteiger partial charge in [-0.1, -0.05) is 0 Å². The zero-order valence-electron chi connectivity index (χ0n) is 9.30. The third kappa shape index (κ3) is 2.03. The van der Waals surface area contributed by atoms with Gasteiger partial charge < -0.3 is 24.1 Å². The molecule has 0 spiro atoms. The second-order valence-corrected chi connectivity index (χ2v) is 4.36. The van der Waals surface area contributed by atoms with Crippen LogP contribution >= 0.6 is 0 Å². The predicted octanol–water partition coefficient (Wildman–Crippen LogP) is 0.260. The van der Waals surface area contributed by atoms with Gasteiger partial charge in [0.2, 0.25) is 0 Å². The molecule has 88 valence electrons. The Morgan fingerprint density at radius 3 is 2.53 bits per heavy atom. The Hall–Kier alpha value is -0.200. The van der Waals surface area contributed by atoms with Gasteiger partial charge in [0.15, 0.2) is 12.1 Å². The molecule has 2 fully saturated rings. The summed E-state index contributed by atoms with van der Waals surface area (Å²) in [6.07, 6.45) is -0.334. The summed E-state index contributed by atoms with van der Waals surface area (Å²) < 4.78 is 22.2. The van der Waals surface area contributed by atoms with E-state index >= 15 is 0 Å². The van der Waals surface area contributed by atoms with Crippen molar-refractivity contribution in [3.63, 3.8) is 0 Å². The first-order chi connectivity index (χ1) is 7.07. The Kier molecular flexibility index (Phi) is 3.00. The van der Waals surface area contributed by atoms with Gasteiger partial charge in [0.25, 0.3) is 0 Å². The Morgan fingerprint density at radius 2 is 1.93 bits per heavy atom. The van der Waals surface area contributed by atoms with Gasteiger partial charge in [-0.15, -0.1) is 0 Å². The maximum absolute atomic E-state index is 8.92. The van der Waals surface area contributed by atoms with Crippen molar-refractivity contribution in [1.29, 1.82) is 0 Å². The van der Waals surface area contributed by atoms with E-state index in [1.807, 2.05) is 13.8 Å². The number of aliphatic hydroxyl groups is 1. The van der Waals surface area contributed by atoms with Crippen LogP contribution in [0.5, 0.6) is 0 Å². The Balaban J connectivity index is 2.08. The highest BCUT2D eigenvalue weighted by atomic mass is 16.8. The van der Waals surface area contributed by atoms with Crippen molar-refractivity contribution in [2.45, 2.75) is 50.7 Å². The summed E-state index contributed by atoms with van der Waals surface area (Å²) in [5.41, 5.74) is 0. The predicted molar refractivity (Wildman–Crippen MR) is 51.2 cm³/mol. The number of hydrogen-bond acceptors (Lipinski definition) is 5. The van der Waals surface area contributed by atoms with E-state index < -0.39 is 12.1 Å². The van der Waals surface area contributed by atoms with Crippen molar-refractivity contribution in [1.82, 2.24) is 0 Å². The maximum atomic E-state index is 8.92. The highest BCUT2D eigenvalue weighted by Gasteiger charge is 2.55. The molecule has 0 aromatic carbocycles. The lowest BCUT2D eigenvalue weighted by atomic mass is 10.1. The zero-order valence-corrected chi connectivity index (χ0v) is 9.30. The quantitative estimate of drug-likeness (QED) is 0.736. The van der Waals surface area contributed by atoms with Crippen LogP contribution in [-0.4, -0.2) is 49.2 Å². The van der Waals surface area contributed by atoms with E-state index in [2.05, 4.69) is 0 Å². The minimum Gasteiger partial charge on any atom is -0.396 e. The van der Waals surface area contributed by atoms with Gasteiger partial charge in [-0.2, -0.15) is 0 Å². The molecule has 0 unspecified atom stereocenters. The Morgan fingerprint density at radius 1 is 1.27 bits per heavy atom. The van der Waals surface area contributed by atoms with Crippen molar-refractivity contribution in [2.75, 3.05) is 13.7 Å². The molecule has 1 N–H and O–H groups in total. The normalized spacial score (nSPS) is 43.2. The molecule has 2 aliphatic rings. The molecule has 0 saturated carbocycles. The standard InChI is InChI=1S/C10H18O5/c1-10(2)14-7-6(4-5-11)13-9(12-3)8(7)15-10/h6-9,11H,4-5H2,1-3H3/t6-,7-,8-,9-/m1/s1. The third-order valence-corrected chi connectivity index (χ3v) is 2.75. The van der Waals surface area contributed by atoms with E-state index in [9.17, 15) is 0 Å². The van der Waals surface area contributed by atoms with E-state index in [1.54, 1.807) is 7.11 Å². The molecule has 2 saturated heterocycles. The molecule has 5 heteroatoms. The van der Waals surface area contributed by atoms with Gasteiger partial charge in [0.05, 0.1) is 6.10 Å². The number of aliphatic hydroxyl groups excluding tert-OH is 1. The van der Waals surface area contributed by atoms with Crippen molar-refractivity contribution in [3.8, 4) is 0 Å². The van der Waals surface area contributed by atoms with Gasteiger partial charge in [-0.05, 0) is 20.3 Å². The molecular weight excluding hydrogens is 200 g/mol. The van der Waals surface area contributed by atoms with E-state index in [0.717, 1.165) is 0 Å². The van der Waals surface area contributed by atoms with Crippen molar-refractivity contribution in [3.05, 3.63) is 0 Å². The monoisotopic (exact) mass is 218 g/mol. The lowest BCUT2D eigenvalue weighted by Crippen LogP contribution is -2.30. The molecule has 0 bridgehead atoms. The summed E-state index contributed by atoms with van der Waals surface area (Å²) in [4.78, 5) is 0. The first-order valence-electron chi connectivity index (χ1n) is 5.22. The highest BCUT2D eigenvalue weighted by molar-refractivity contribution is 4.94. The molecular formula is C10H18O5. The fraction of sp³-hybridized carbons (Fsp3) is 1.00. The molecule has 5 nitrogen and oxygen atoms in total. The number of rotatable bonds is 3. The first-order valence-corrected chi connectivity index (χ1v) is 5.22. The Labute approximate surface area is 89.3 Å². The maximum Gasteiger partial charge on any atom is 0.186 e. The van der Waals surface area contributed by atoms with Crippen LogP contribution in [0, 0.1) is 0 Å². The number of fused-ring (bicyclic) bond motifs is 1. The molecule has 0 aliphatic carbocycles. The molecule has 0 aromatic rings. The molecule has 0 radical (unpaired) electrons. The van der Waals surface area contributed by atoms with Crippen LogP contribution < -0.4 is 0 Å². The largest absolute Gasteiger partial charge is 0.396 e. The van der Waals surface area contributed by atoms with Gasteiger partial charge >= 0.3 is 0 Å². The zero-order chi connectivity index (χ0) is 11.1. The summed E-state index contributed by atoms with van der Waals surface area (Å²) >= 11 is 0. The van der Waals surface area contributed by atoms with Crippen molar-refractivity contribution in [2.24, 2.45) is 0 Å². The number of methoxy groups -OCH3 is 1. The molecule has 0 amide bonds. The SMILES string of the molecule is CO[C@@H]1O[C@H](CCO)[C@H]2OC(C)(C)O[C@@H]12. The molecule has 2 heterocycles. The lowest BCUT2D eigenvalue weighted by Gasteiger charge is -2.23. The topological polar surface area (TPSA) is 57.2 Å². The van der Waals surface area contributed by atoms with Gasteiger partial charge in [-0.3, -0.25) is 0 Å². The smallest absolute Gasteiger partial charge is 0.186 e. The summed E-state index contributed by atoms with van der Waals surface area (Å²) in [5, 5.41) is 8.92. The summed E-state index contributed by atoms with van der Waals surface area (Å²) in [6.45, 7) is 3.82. The second-order valence-electron chi connectivity index (χ2n) is 4.36. The molecule has 2 aliphatic heterocycles. The van der Waals surface area contributed by atoms with Crippen LogP contribution in [0.1, 0.15) is 20.3 Å². The second kappa shape index (κ2) is 3.99. The van der Waals surface area contributed by atoms with Crippen LogP contribution in [0.2, 0.25) is 0 Å². The average Bonchev–Trinajstić information content (AvgIpc) is 2.61. The first kappa shape index (κ1) is 11.3. The average molecular weight is 218 g/mol. The van der Waals surface area contributed by atoms with E-state index in [4.69, 9.17) is 24.1 Å². The molecule has 0 aromatic heterocycles. The summed E-state index contributed by atoms with van der Waals surface area (Å²) in [5.74, 6) is -0.594. The number of ether oxygens (including phenoxy) is 4. The third-order valence-electron chi connectivity index (χ3n) is 2.75. The molecule has 15 heavy (non-hydrogen) atoms. The van der Waals surface area contributed by atoms with Crippen LogP contribution in [-0.2, 0) is 18.9 Å². The van der Waals surface area contributed by atoms with E-state index in [-0.39, 0.29) is 24.9 Å². The fourth-order valence-corrected chi connectivity index (χ4v) is 2.19. The van der Waals surface area contributed by atoms with Gasteiger partial charge in [-0.25, -0.2) is 0 Å². The fourth-order valence-electron chi connectivity index (χ4n) is 2.19. The van der Waals surface area contributed by atoms with Crippen LogP contribution in [0.3, 0.4) is 0 Å².